The van der Waals surface area contributed by atoms with Crippen molar-refractivity contribution in [3.63, 3.8) is 0 Å². The molecule has 19 heavy (non-hydrogen) atoms. The Morgan fingerprint density at radius 1 is 1.21 bits per heavy atom. The zero-order valence-corrected chi connectivity index (χ0v) is 12.1. The summed E-state index contributed by atoms with van der Waals surface area (Å²) in [4.78, 5) is 9.11. The zero-order chi connectivity index (χ0) is 13.4. The van der Waals surface area contributed by atoms with Gasteiger partial charge in [-0.15, -0.1) is 0 Å². The van der Waals surface area contributed by atoms with Crippen LogP contribution in [0.2, 0.25) is 5.02 Å². The summed E-state index contributed by atoms with van der Waals surface area (Å²) in [5.41, 5.74) is 2.67. The van der Waals surface area contributed by atoms with Crippen LogP contribution >= 0.6 is 11.6 Å². The Kier molecular flexibility index (Phi) is 3.37. The van der Waals surface area contributed by atoms with Crippen molar-refractivity contribution >= 4 is 28.7 Å². The summed E-state index contributed by atoms with van der Waals surface area (Å²) in [6.07, 6.45) is 1.13. The maximum atomic E-state index is 6.13. The Balaban J connectivity index is 1.92. The van der Waals surface area contributed by atoms with E-state index in [9.17, 15) is 0 Å². The zero-order valence-electron chi connectivity index (χ0n) is 11.3. The molecule has 1 aromatic carbocycles. The number of benzene rings is 1. The third-order valence-corrected chi connectivity index (χ3v) is 4.05. The quantitative estimate of drug-likeness (QED) is 0.803. The highest BCUT2D eigenvalue weighted by Gasteiger charge is 2.18. The smallest absolute Gasteiger partial charge is 0.298 e. The summed E-state index contributed by atoms with van der Waals surface area (Å²) >= 11 is 6.13. The molecule has 1 aliphatic heterocycles. The minimum atomic E-state index is 0.715. The number of aryl methyl sites for hydroxylation is 1. The van der Waals surface area contributed by atoms with Gasteiger partial charge in [-0.3, -0.25) is 0 Å². The molecule has 0 N–H and O–H groups in total. The third-order valence-electron chi connectivity index (χ3n) is 3.65. The molecule has 0 aliphatic carbocycles. The minimum Gasteiger partial charge on any atom is -0.423 e. The highest BCUT2D eigenvalue weighted by Crippen LogP contribution is 2.27. The molecule has 0 bridgehead atoms. The molecule has 102 valence electrons. The molecule has 0 saturated carbocycles. The molecule has 1 saturated heterocycles. The van der Waals surface area contributed by atoms with Crippen molar-refractivity contribution in [3.05, 3.63) is 22.7 Å². The molecule has 1 aromatic heterocycles. The summed E-state index contributed by atoms with van der Waals surface area (Å²) in [5, 5.41) is 0.739. The van der Waals surface area contributed by atoms with E-state index in [2.05, 4.69) is 21.8 Å². The van der Waals surface area contributed by atoms with Gasteiger partial charge in [0, 0.05) is 24.7 Å². The molecule has 0 atom stereocenters. The lowest BCUT2D eigenvalue weighted by Crippen LogP contribution is -2.28. The van der Waals surface area contributed by atoms with Crippen LogP contribution in [0, 0.1) is 6.92 Å². The second-order valence-electron chi connectivity index (χ2n) is 5.21. The van der Waals surface area contributed by atoms with E-state index in [0.29, 0.717) is 6.01 Å². The molecule has 0 radical (unpaired) electrons. The van der Waals surface area contributed by atoms with E-state index in [4.69, 9.17) is 16.0 Å². The SMILES string of the molecule is Cc1cc2oc(N3CCCN(C)CC3)nc2cc1Cl. The average molecular weight is 280 g/mol. The van der Waals surface area contributed by atoms with E-state index in [1.165, 1.54) is 0 Å². The Morgan fingerprint density at radius 3 is 2.89 bits per heavy atom. The van der Waals surface area contributed by atoms with Crippen molar-refractivity contribution in [2.45, 2.75) is 13.3 Å². The van der Waals surface area contributed by atoms with Gasteiger partial charge in [-0.2, -0.15) is 4.98 Å². The number of aromatic nitrogens is 1. The van der Waals surface area contributed by atoms with Crippen molar-refractivity contribution in [1.82, 2.24) is 9.88 Å². The van der Waals surface area contributed by atoms with Crippen LogP contribution in [-0.4, -0.2) is 43.1 Å². The number of likely N-dealkylation sites (N-methyl/N-ethyl adjacent to an activating group) is 1. The van der Waals surface area contributed by atoms with Crippen molar-refractivity contribution < 1.29 is 4.42 Å². The molecular formula is C14H18ClN3O. The Morgan fingerprint density at radius 2 is 2.05 bits per heavy atom. The molecule has 5 heteroatoms. The lowest BCUT2D eigenvalue weighted by Gasteiger charge is -2.17. The van der Waals surface area contributed by atoms with E-state index in [1.54, 1.807) is 0 Å². The molecule has 1 fully saturated rings. The number of oxazole rings is 1. The number of hydrogen-bond donors (Lipinski definition) is 0. The van der Waals surface area contributed by atoms with Crippen LogP contribution < -0.4 is 4.90 Å². The summed E-state index contributed by atoms with van der Waals surface area (Å²) in [7, 11) is 2.15. The Hall–Kier alpha value is -1.26. The fourth-order valence-corrected chi connectivity index (χ4v) is 2.57. The molecule has 0 spiro atoms. The molecule has 3 rings (SSSR count). The second kappa shape index (κ2) is 5.02. The van der Waals surface area contributed by atoms with Crippen LogP contribution in [-0.2, 0) is 0 Å². The first-order valence-corrected chi connectivity index (χ1v) is 7.01. The van der Waals surface area contributed by atoms with Crippen LogP contribution in [0.5, 0.6) is 0 Å². The standard InChI is InChI=1S/C14H18ClN3O/c1-10-8-13-12(9-11(10)15)16-14(19-13)18-5-3-4-17(2)6-7-18/h8-9H,3-7H2,1-2H3. The van der Waals surface area contributed by atoms with Crippen molar-refractivity contribution in [2.24, 2.45) is 0 Å². The van der Waals surface area contributed by atoms with Gasteiger partial charge in [0.05, 0.1) is 0 Å². The number of halogens is 1. The molecule has 1 aliphatic rings. The van der Waals surface area contributed by atoms with E-state index in [0.717, 1.165) is 54.3 Å². The number of rotatable bonds is 1. The van der Waals surface area contributed by atoms with E-state index >= 15 is 0 Å². The molecular weight excluding hydrogens is 262 g/mol. The number of anilines is 1. The number of hydrogen-bond acceptors (Lipinski definition) is 4. The highest BCUT2D eigenvalue weighted by atomic mass is 35.5. The van der Waals surface area contributed by atoms with Gasteiger partial charge in [0.15, 0.2) is 5.58 Å². The van der Waals surface area contributed by atoms with E-state index in [1.807, 2.05) is 19.1 Å². The maximum Gasteiger partial charge on any atom is 0.298 e. The van der Waals surface area contributed by atoms with Gasteiger partial charge in [0.2, 0.25) is 0 Å². The van der Waals surface area contributed by atoms with Gasteiger partial charge in [-0.1, -0.05) is 11.6 Å². The van der Waals surface area contributed by atoms with Crippen LogP contribution in [0.3, 0.4) is 0 Å². The van der Waals surface area contributed by atoms with Crippen molar-refractivity contribution in [3.8, 4) is 0 Å². The van der Waals surface area contributed by atoms with Gasteiger partial charge in [0.1, 0.15) is 5.52 Å². The van der Waals surface area contributed by atoms with Gasteiger partial charge < -0.3 is 14.2 Å². The predicted octanol–water partition coefficient (Wildman–Crippen LogP) is 2.93. The van der Waals surface area contributed by atoms with Crippen molar-refractivity contribution in [2.75, 3.05) is 38.1 Å². The third kappa shape index (κ3) is 2.55. The van der Waals surface area contributed by atoms with Gasteiger partial charge in [-0.25, -0.2) is 0 Å². The number of nitrogens with zero attached hydrogens (tertiary/aromatic N) is 3. The molecule has 0 unspecified atom stereocenters. The number of fused-ring (bicyclic) bond motifs is 1. The summed E-state index contributed by atoms with van der Waals surface area (Å²) < 4.78 is 5.87. The average Bonchev–Trinajstić information content (AvgIpc) is 2.63. The first kappa shape index (κ1) is 12.8. The lowest BCUT2D eigenvalue weighted by molar-refractivity contribution is 0.359. The Labute approximate surface area is 117 Å². The highest BCUT2D eigenvalue weighted by molar-refractivity contribution is 6.32. The Bertz CT molecular complexity index is 557. The summed E-state index contributed by atoms with van der Waals surface area (Å²) in [6, 6.07) is 4.55. The van der Waals surface area contributed by atoms with Gasteiger partial charge >= 0.3 is 0 Å². The van der Waals surface area contributed by atoms with Crippen LogP contribution in [0.25, 0.3) is 11.1 Å². The molecule has 2 heterocycles. The normalized spacial score (nSPS) is 17.9. The molecule has 0 amide bonds. The van der Waals surface area contributed by atoms with Gasteiger partial charge in [0.25, 0.3) is 6.01 Å². The first-order chi connectivity index (χ1) is 9.13. The van der Waals surface area contributed by atoms with E-state index in [-0.39, 0.29) is 0 Å². The predicted molar refractivity (Wildman–Crippen MR) is 78.1 cm³/mol. The summed E-state index contributed by atoms with van der Waals surface area (Å²) in [5.74, 6) is 0. The van der Waals surface area contributed by atoms with Gasteiger partial charge in [-0.05, 0) is 44.6 Å². The largest absolute Gasteiger partial charge is 0.423 e. The maximum absolute atomic E-state index is 6.13. The minimum absolute atomic E-state index is 0.715. The van der Waals surface area contributed by atoms with E-state index < -0.39 is 0 Å². The fraction of sp³-hybridized carbons (Fsp3) is 0.500. The molecule has 4 nitrogen and oxygen atoms in total. The lowest BCUT2D eigenvalue weighted by atomic mass is 10.2. The summed E-state index contributed by atoms with van der Waals surface area (Å²) in [6.45, 7) is 6.09. The first-order valence-electron chi connectivity index (χ1n) is 6.63. The van der Waals surface area contributed by atoms with Crippen LogP contribution in [0.1, 0.15) is 12.0 Å². The monoisotopic (exact) mass is 279 g/mol. The van der Waals surface area contributed by atoms with Crippen molar-refractivity contribution in [1.29, 1.82) is 0 Å². The van der Waals surface area contributed by atoms with Crippen LogP contribution in [0.15, 0.2) is 16.5 Å². The fourth-order valence-electron chi connectivity index (χ4n) is 2.41. The second-order valence-corrected chi connectivity index (χ2v) is 5.62. The van der Waals surface area contributed by atoms with Crippen LogP contribution in [0.4, 0.5) is 6.01 Å². The molecule has 2 aromatic rings. The topological polar surface area (TPSA) is 32.5 Å².